The third kappa shape index (κ3) is 2.62. The molecule has 0 aliphatic carbocycles. The summed E-state index contributed by atoms with van der Waals surface area (Å²) in [6, 6.07) is 1.03. The van der Waals surface area contributed by atoms with Crippen molar-refractivity contribution in [3.8, 4) is 0 Å². The van der Waals surface area contributed by atoms with Crippen LogP contribution in [0.2, 0.25) is 0 Å². The second-order valence-electron chi connectivity index (χ2n) is 3.80. The molecular formula is C12H13F3O. The van der Waals surface area contributed by atoms with Crippen LogP contribution in [0.25, 0.3) is 0 Å². The Balaban J connectivity index is 3.04. The van der Waals surface area contributed by atoms with E-state index in [1.807, 2.05) is 6.92 Å². The van der Waals surface area contributed by atoms with E-state index in [4.69, 9.17) is 0 Å². The van der Waals surface area contributed by atoms with Crippen LogP contribution in [0.15, 0.2) is 12.1 Å². The normalized spacial score (nSPS) is 12.6. The molecule has 0 aromatic heterocycles. The molecule has 0 amide bonds. The molecule has 0 aliphatic rings. The van der Waals surface area contributed by atoms with Gasteiger partial charge in [0.15, 0.2) is 17.4 Å². The highest BCUT2D eigenvalue weighted by Gasteiger charge is 2.20. The van der Waals surface area contributed by atoms with Crippen LogP contribution in [0, 0.1) is 23.4 Å². The zero-order valence-corrected chi connectivity index (χ0v) is 9.19. The average Bonchev–Trinajstić information content (AvgIpc) is 2.23. The van der Waals surface area contributed by atoms with E-state index < -0.39 is 23.2 Å². The predicted molar refractivity (Wildman–Crippen MR) is 54.7 cm³/mol. The second kappa shape index (κ2) is 5.14. The fraction of sp³-hybridized carbons (Fsp3) is 0.417. The van der Waals surface area contributed by atoms with Crippen molar-refractivity contribution in [1.29, 1.82) is 0 Å². The number of benzene rings is 1. The van der Waals surface area contributed by atoms with Gasteiger partial charge in [0.2, 0.25) is 0 Å². The molecule has 0 bridgehead atoms. The van der Waals surface area contributed by atoms with E-state index in [2.05, 4.69) is 0 Å². The van der Waals surface area contributed by atoms with Crippen molar-refractivity contribution in [3.63, 3.8) is 0 Å². The lowest BCUT2D eigenvalue weighted by molar-refractivity contribution is 0.0918. The summed E-state index contributed by atoms with van der Waals surface area (Å²) in [5, 5.41) is 0. The highest BCUT2D eigenvalue weighted by Crippen LogP contribution is 2.19. The molecule has 0 heterocycles. The van der Waals surface area contributed by atoms with Gasteiger partial charge in [-0.3, -0.25) is 4.79 Å². The molecule has 1 aromatic carbocycles. The van der Waals surface area contributed by atoms with Crippen LogP contribution in [0.4, 0.5) is 13.2 Å². The Morgan fingerprint density at radius 1 is 1.19 bits per heavy atom. The molecule has 88 valence electrons. The molecule has 0 fully saturated rings. The number of ketones is 1. The molecule has 0 saturated carbocycles. The monoisotopic (exact) mass is 230 g/mol. The summed E-state index contributed by atoms with van der Waals surface area (Å²) >= 11 is 0. The first-order valence-electron chi connectivity index (χ1n) is 5.16. The maximum absolute atomic E-state index is 13.3. The van der Waals surface area contributed by atoms with Gasteiger partial charge in [0.1, 0.15) is 5.82 Å². The van der Waals surface area contributed by atoms with Crippen molar-refractivity contribution in [3.05, 3.63) is 35.1 Å². The van der Waals surface area contributed by atoms with Crippen molar-refractivity contribution in [2.45, 2.75) is 26.7 Å². The van der Waals surface area contributed by atoms with Gasteiger partial charge in [-0.2, -0.15) is 0 Å². The van der Waals surface area contributed by atoms with Crippen molar-refractivity contribution < 1.29 is 18.0 Å². The Morgan fingerprint density at radius 2 is 1.75 bits per heavy atom. The quantitative estimate of drug-likeness (QED) is 0.569. The van der Waals surface area contributed by atoms with Crippen molar-refractivity contribution in [2.24, 2.45) is 5.92 Å². The summed E-state index contributed by atoms with van der Waals surface area (Å²) in [6.45, 7) is 3.54. The summed E-state index contributed by atoms with van der Waals surface area (Å²) in [4.78, 5) is 11.7. The molecule has 1 atom stereocenters. The number of rotatable bonds is 4. The Kier molecular flexibility index (Phi) is 4.10. The first-order chi connectivity index (χ1) is 7.47. The Morgan fingerprint density at radius 3 is 2.31 bits per heavy atom. The standard InChI is InChI=1S/C12H13F3O/c1-3-4-7(2)12(16)8-5-10(14)11(15)6-9(8)13/h5-7H,3-4H2,1-2H3. The average molecular weight is 230 g/mol. The van der Waals surface area contributed by atoms with Gasteiger partial charge in [0.05, 0.1) is 5.56 Å². The van der Waals surface area contributed by atoms with Crippen molar-refractivity contribution in [1.82, 2.24) is 0 Å². The summed E-state index contributed by atoms with van der Waals surface area (Å²) < 4.78 is 38.8. The van der Waals surface area contributed by atoms with Crippen LogP contribution >= 0.6 is 0 Å². The summed E-state index contributed by atoms with van der Waals surface area (Å²) in [5.41, 5.74) is -0.375. The lowest BCUT2D eigenvalue weighted by Gasteiger charge is -2.09. The maximum atomic E-state index is 13.3. The molecule has 1 unspecified atom stereocenters. The first kappa shape index (κ1) is 12.7. The molecule has 1 rings (SSSR count). The smallest absolute Gasteiger partial charge is 0.168 e. The SMILES string of the molecule is CCCC(C)C(=O)c1cc(F)c(F)cc1F. The molecule has 1 nitrogen and oxygen atoms in total. The third-order valence-electron chi connectivity index (χ3n) is 2.44. The molecule has 0 spiro atoms. The van der Waals surface area contributed by atoms with Gasteiger partial charge in [-0.05, 0) is 12.5 Å². The van der Waals surface area contributed by atoms with E-state index in [1.54, 1.807) is 6.92 Å². The highest BCUT2D eigenvalue weighted by molar-refractivity contribution is 5.97. The van der Waals surface area contributed by atoms with Crippen LogP contribution in [-0.2, 0) is 0 Å². The molecule has 0 aliphatic heterocycles. The predicted octanol–water partition coefficient (Wildman–Crippen LogP) is 3.72. The zero-order valence-electron chi connectivity index (χ0n) is 9.19. The molecule has 0 radical (unpaired) electrons. The van der Waals surface area contributed by atoms with Gasteiger partial charge in [0.25, 0.3) is 0 Å². The van der Waals surface area contributed by atoms with Gasteiger partial charge >= 0.3 is 0 Å². The Labute approximate surface area is 92.3 Å². The van der Waals surface area contributed by atoms with Crippen LogP contribution < -0.4 is 0 Å². The van der Waals surface area contributed by atoms with E-state index in [1.165, 1.54) is 0 Å². The largest absolute Gasteiger partial charge is 0.294 e. The Hall–Kier alpha value is -1.32. The van der Waals surface area contributed by atoms with E-state index in [9.17, 15) is 18.0 Å². The number of carbonyl (C=O) groups is 1. The number of halogens is 3. The van der Waals surface area contributed by atoms with E-state index in [0.717, 1.165) is 6.42 Å². The molecule has 4 heteroatoms. The van der Waals surface area contributed by atoms with Gasteiger partial charge in [-0.15, -0.1) is 0 Å². The molecular weight excluding hydrogens is 217 g/mol. The molecule has 0 N–H and O–H groups in total. The lowest BCUT2D eigenvalue weighted by atomic mass is 9.95. The summed E-state index contributed by atoms with van der Waals surface area (Å²) in [6.07, 6.45) is 1.37. The summed E-state index contributed by atoms with van der Waals surface area (Å²) in [5.74, 6) is -4.36. The molecule has 0 saturated heterocycles. The van der Waals surface area contributed by atoms with Crippen LogP contribution in [0.3, 0.4) is 0 Å². The minimum absolute atomic E-state index is 0.375. The van der Waals surface area contributed by atoms with Gasteiger partial charge in [0, 0.05) is 12.0 Å². The number of hydrogen-bond donors (Lipinski definition) is 0. The second-order valence-corrected chi connectivity index (χ2v) is 3.80. The van der Waals surface area contributed by atoms with Gasteiger partial charge in [-0.25, -0.2) is 13.2 Å². The van der Waals surface area contributed by atoms with Crippen LogP contribution in [0.5, 0.6) is 0 Å². The minimum atomic E-state index is -1.28. The maximum Gasteiger partial charge on any atom is 0.168 e. The fourth-order valence-corrected chi connectivity index (χ4v) is 1.54. The molecule has 1 aromatic rings. The summed E-state index contributed by atoms with van der Waals surface area (Å²) in [7, 11) is 0. The zero-order chi connectivity index (χ0) is 12.3. The van der Waals surface area contributed by atoms with Gasteiger partial charge < -0.3 is 0 Å². The third-order valence-corrected chi connectivity index (χ3v) is 2.44. The first-order valence-corrected chi connectivity index (χ1v) is 5.16. The minimum Gasteiger partial charge on any atom is -0.294 e. The van der Waals surface area contributed by atoms with E-state index >= 15 is 0 Å². The molecule has 16 heavy (non-hydrogen) atoms. The van der Waals surface area contributed by atoms with Crippen molar-refractivity contribution in [2.75, 3.05) is 0 Å². The van der Waals surface area contributed by atoms with Gasteiger partial charge in [-0.1, -0.05) is 20.3 Å². The number of carbonyl (C=O) groups excluding carboxylic acids is 1. The van der Waals surface area contributed by atoms with Crippen LogP contribution in [0.1, 0.15) is 37.0 Å². The fourth-order valence-electron chi connectivity index (χ4n) is 1.54. The van der Waals surface area contributed by atoms with E-state index in [-0.39, 0.29) is 11.5 Å². The lowest BCUT2D eigenvalue weighted by Crippen LogP contribution is -2.13. The highest BCUT2D eigenvalue weighted by atomic mass is 19.2. The van der Waals surface area contributed by atoms with E-state index in [0.29, 0.717) is 18.6 Å². The topological polar surface area (TPSA) is 17.1 Å². The number of Topliss-reactive ketones (excluding diaryl/α,β-unsaturated/α-hetero) is 1. The Bertz CT molecular complexity index is 401. The van der Waals surface area contributed by atoms with Crippen molar-refractivity contribution >= 4 is 5.78 Å². The van der Waals surface area contributed by atoms with Crippen LogP contribution in [-0.4, -0.2) is 5.78 Å². The number of hydrogen-bond acceptors (Lipinski definition) is 1.